The summed E-state index contributed by atoms with van der Waals surface area (Å²) in [6.07, 6.45) is -1.17. The van der Waals surface area contributed by atoms with E-state index in [0.29, 0.717) is 29.3 Å². The molecule has 0 radical (unpaired) electrons. The van der Waals surface area contributed by atoms with Gasteiger partial charge in [-0.2, -0.15) is 18.2 Å². The minimum atomic E-state index is -4.46. The Hall–Kier alpha value is -4.09. The summed E-state index contributed by atoms with van der Waals surface area (Å²) < 4.78 is 48.2. The largest absolute Gasteiger partial charge is 0.497 e. The van der Waals surface area contributed by atoms with E-state index in [2.05, 4.69) is 20.3 Å². The molecule has 1 aromatic carbocycles. The van der Waals surface area contributed by atoms with E-state index in [-0.39, 0.29) is 18.3 Å². The van der Waals surface area contributed by atoms with E-state index in [9.17, 15) is 18.0 Å². The van der Waals surface area contributed by atoms with Crippen LogP contribution in [0.1, 0.15) is 5.56 Å². The van der Waals surface area contributed by atoms with Gasteiger partial charge in [-0.25, -0.2) is 9.97 Å². The molecule has 0 spiro atoms. The zero-order chi connectivity index (χ0) is 24.7. The van der Waals surface area contributed by atoms with E-state index in [1.165, 1.54) is 24.4 Å². The number of methoxy groups -OCH3 is 2. The van der Waals surface area contributed by atoms with Gasteiger partial charge in [0, 0.05) is 37.1 Å². The van der Waals surface area contributed by atoms with Crippen molar-refractivity contribution in [1.29, 1.82) is 0 Å². The third-order valence-electron chi connectivity index (χ3n) is 4.75. The maximum atomic E-state index is 12.7. The Morgan fingerprint density at radius 3 is 2.26 bits per heavy atom. The van der Waals surface area contributed by atoms with Gasteiger partial charge in [0.2, 0.25) is 18.2 Å². The number of nitrogens with zero attached hydrogens (tertiary/aromatic N) is 5. The van der Waals surface area contributed by atoms with E-state index in [4.69, 9.17) is 9.47 Å². The molecular weight excluding hydrogens is 453 g/mol. The number of ether oxygens (including phenoxy) is 2. The molecule has 34 heavy (non-hydrogen) atoms. The molecule has 0 aliphatic heterocycles. The number of halogens is 3. The molecule has 0 bridgehead atoms. The summed E-state index contributed by atoms with van der Waals surface area (Å²) in [6.45, 7) is -1.06. The number of aromatic nitrogens is 3. The van der Waals surface area contributed by atoms with E-state index < -0.39 is 12.7 Å². The van der Waals surface area contributed by atoms with Gasteiger partial charge < -0.3 is 19.7 Å². The number of carbonyl (C=O) groups excluding carboxylic acids is 1. The number of rotatable bonds is 10. The van der Waals surface area contributed by atoms with Crippen LogP contribution in [0.25, 0.3) is 0 Å². The molecule has 0 atom stereocenters. The molecule has 180 valence electrons. The maximum absolute atomic E-state index is 12.7. The van der Waals surface area contributed by atoms with Crippen molar-refractivity contribution in [2.24, 2.45) is 0 Å². The molecule has 0 aliphatic rings. The lowest BCUT2D eigenvalue weighted by molar-refractivity contribution is -0.115. The van der Waals surface area contributed by atoms with Crippen molar-refractivity contribution >= 4 is 29.6 Å². The lowest BCUT2D eigenvalue weighted by Crippen LogP contribution is -2.25. The van der Waals surface area contributed by atoms with Gasteiger partial charge >= 0.3 is 6.18 Å². The van der Waals surface area contributed by atoms with Crippen molar-refractivity contribution < 1.29 is 27.4 Å². The van der Waals surface area contributed by atoms with Crippen LogP contribution in [-0.2, 0) is 11.3 Å². The van der Waals surface area contributed by atoms with Crippen LogP contribution in [0.3, 0.4) is 0 Å². The summed E-state index contributed by atoms with van der Waals surface area (Å²) in [5, 5.41) is 2.15. The Morgan fingerprint density at radius 2 is 1.71 bits per heavy atom. The molecule has 0 unspecified atom stereocenters. The molecule has 0 aliphatic carbocycles. The fourth-order valence-electron chi connectivity index (χ4n) is 3.03. The highest BCUT2D eigenvalue weighted by atomic mass is 19.4. The Labute approximate surface area is 194 Å². The van der Waals surface area contributed by atoms with Gasteiger partial charge in [-0.1, -0.05) is 0 Å². The summed E-state index contributed by atoms with van der Waals surface area (Å²) in [4.78, 5) is 27.4. The van der Waals surface area contributed by atoms with Gasteiger partial charge in [-0.15, -0.1) is 0 Å². The van der Waals surface area contributed by atoms with Crippen LogP contribution in [-0.4, -0.2) is 55.4 Å². The summed E-state index contributed by atoms with van der Waals surface area (Å²) in [7, 11) is 4.84. The van der Waals surface area contributed by atoms with Gasteiger partial charge in [-0.05, 0) is 30.3 Å². The first-order valence-electron chi connectivity index (χ1n) is 10.0. The van der Waals surface area contributed by atoms with Crippen molar-refractivity contribution in [3.05, 3.63) is 54.4 Å². The molecule has 12 heteroatoms. The molecule has 0 saturated heterocycles. The number of carbonyl (C=O) groups is 1. The summed E-state index contributed by atoms with van der Waals surface area (Å²) in [5.41, 5.74) is 1.69. The van der Waals surface area contributed by atoms with E-state index >= 15 is 0 Å². The zero-order valence-corrected chi connectivity index (χ0v) is 18.7. The normalized spacial score (nSPS) is 11.0. The highest BCUT2D eigenvalue weighted by Gasteiger charge is 2.27. The molecule has 2 aromatic heterocycles. The predicted molar refractivity (Wildman–Crippen MR) is 121 cm³/mol. The Bertz CT molecular complexity index is 1090. The molecule has 9 nitrogen and oxygen atoms in total. The van der Waals surface area contributed by atoms with Gasteiger partial charge in [0.15, 0.2) is 0 Å². The van der Waals surface area contributed by atoms with Gasteiger partial charge in [0.25, 0.3) is 0 Å². The van der Waals surface area contributed by atoms with E-state index in [0.717, 1.165) is 5.69 Å². The van der Waals surface area contributed by atoms with Crippen molar-refractivity contribution in [2.45, 2.75) is 12.7 Å². The number of pyridine rings is 1. The lowest BCUT2D eigenvalue weighted by atomic mass is 10.2. The number of hydrogen-bond donors (Lipinski definition) is 1. The standard InChI is InChI=1S/C22H23F3N6O3/c1-30(16-4-7-18(33-2)8-5-16)12-15-10-27-21(28-13-22(23,24)25)29-20(15)31(14-32)17-6-9-19(34-3)26-11-17/h4-11,14H,12-13H2,1-3H3,(H,27,28,29). The molecule has 3 aromatic rings. The summed E-state index contributed by atoms with van der Waals surface area (Å²) >= 11 is 0. The summed E-state index contributed by atoms with van der Waals surface area (Å²) in [6, 6.07) is 10.4. The number of anilines is 4. The highest BCUT2D eigenvalue weighted by Crippen LogP contribution is 2.29. The maximum Gasteiger partial charge on any atom is 0.405 e. The second kappa shape index (κ2) is 10.7. The van der Waals surface area contributed by atoms with Crippen LogP contribution < -0.4 is 24.6 Å². The van der Waals surface area contributed by atoms with Crippen LogP contribution in [0.15, 0.2) is 48.8 Å². The second-order valence-corrected chi connectivity index (χ2v) is 7.10. The minimum absolute atomic E-state index is 0.113. The number of hydrogen-bond acceptors (Lipinski definition) is 8. The third-order valence-corrected chi connectivity index (χ3v) is 4.75. The number of amides is 1. The fourth-order valence-corrected chi connectivity index (χ4v) is 3.03. The smallest absolute Gasteiger partial charge is 0.405 e. The molecule has 1 amide bonds. The number of nitrogens with one attached hydrogen (secondary N) is 1. The molecule has 0 fully saturated rings. The van der Waals surface area contributed by atoms with Crippen molar-refractivity contribution in [3.63, 3.8) is 0 Å². The van der Waals surface area contributed by atoms with Crippen molar-refractivity contribution in [1.82, 2.24) is 15.0 Å². The minimum Gasteiger partial charge on any atom is -0.497 e. The number of alkyl halides is 3. The average Bonchev–Trinajstić information content (AvgIpc) is 2.84. The Kier molecular flexibility index (Phi) is 7.71. The molecule has 1 N–H and O–H groups in total. The lowest BCUT2D eigenvalue weighted by Gasteiger charge is -2.24. The SMILES string of the molecule is COc1ccc(N(C)Cc2cnc(NCC(F)(F)F)nc2N(C=O)c2ccc(OC)nc2)cc1. The topological polar surface area (TPSA) is 92.7 Å². The molecule has 3 rings (SSSR count). The fraction of sp³-hybridized carbons (Fsp3) is 0.273. The quantitative estimate of drug-likeness (QED) is 0.442. The average molecular weight is 476 g/mol. The first kappa shape index (κ1) is 24.6. The monoisotopic (exact) mass is 476 g/mol. The number of benzene rings is 1. The predicted octanol–water partition coefficient (Wildman–Crippen LogP) is 3.79. The van der Waals surface area contributed by atoms with Crippen LogP contribution in [0.2, 0.25) is 0 Å². The zero-order valence-electron chi connectivity index (χ0n) is 18.7. The molecular formula is C22H23F3N6O3. The first-order chi connectivity index (χ1) is 16.2. The van der Waals surface area contributed by atoms with E-state index in [1.807, 2.05) is 24.1 Å². The third kappa shape index (κ3) is 6.24. The van der Waals surface area contributed by atoms with Gasteiger partial charge in [-0.3, -0.25) is 9.69 Å². The van der Waals surface area contributed by atoms with Crippen LogP contribution >= 0.6 is 0 Å². The first-order valence-corrected chi connectivity index (χ1v) is 10.0. The van der Waals surface area contributed by atoms with E-state index in [1.54, 1.807) is 31.4 Å². The van der Waals surface area contributed by atoms with Gasteiger partial charge in [0.1, 0.15) is 18.1 Å². The van der Waals surface area contributed by atoms with Crippen LogP contribution in [0.5, 0.6) is 11.6 Å². The van der Waals surface area contributed by atoms with Crippen LogP contribution in [0, 0.1) is 0 Å². The Morgan fingerprint density at radius 1 is 1.00 bits per heavy atom. The van der Waals surface area contributed by atoms with Crippen molar-refractivity contribution in [2.75, 3.05) is 42.9 Å². The molecule has 2 heterocycles. The van der Waals surface area contributed by atoms with Crippen LogP contribution in [0.4, 0.5) is 36.3 Å². The highest BCUT2D eigenvalue weighted by molar-refractivity contribution is 5.86. The molecule has 0 saturated carbocycles. The summed E-state index contributed by atoms with van der Waals surface area (Å²) in [5.74, 6) is 0.878. The second-order valence-electron chi connectivity index (χ2n) is 7.10. The van der Waals surface area contributed by atoms with Crippen molar-refractivity contribution in [3.8, 4) is 11.6 Å². The Balaban J connectivity index is 1.96. The van der Waals surface area contributed by atoms with Gasteiger partial charge in [0.05, 0.1) is 26.1 Å².